The molecule has 0 saturated heterocycles. The molecule has 17 heavy (non-hydrogen) atoms. The van der Waals surface area contributed by atoms with Crippen LogP contribution in [0.3, 0.4) is 0 Å². The number of carbonyl (C=O) groups excluding carboxylic acids is 1. The summed E-state index contributed by atoms with van der Waals surface area (Å²) >= 11 is 0. The van der Waals surface area contributed by atoms with Gasteiger partial charge in [0.05, 0.1) is 0 Å². The first-order valence-electron chi connectivity index (χ1n) is 5.83. The van der Waals surface area contributed by atoms with Crippen LogP contribution in [0.4, 0.5) is 0 Å². The first-order chi connectivity index (χ1) is 8.04. The van der Waals surface area contributed by atoms with Crippen LogP contribution in [0.5, 0.6) is 17.2 Å². The smallest absolute Gasteiger partial charge is 0.200 e. The highest BCUT2D eigenvalue weighted by Crippen LogP contribution is 2.45. The average Bonchev–Trinajstić information content (AvgIpc) is 3.04. The third kappa shape index (κ3) is 2.20. The maximum absolute atomic E-state index is 12.0. The molecule has 4 heteroatoms. The van der Waals surface area contributed by atoms with Gasteiger partial charge in [0.1, 0.15) is 0 Å². The van der Waals surface area contributed by atoms with Crippen molar-refractivity contribution in [2.45, 2.75) is 26.2 Å². The van der Waals surface area contributed by atoms with Crippen molar-refractivity contribution in [3.05, 3.63) is 17.7 Å². The minimum atomic E-state index is -0.581. The number of benzene rings is 1. The molecule has 92 valence electrons. The third-order valence-corrected chi connectivity index (χ3v) is 3.27. The van der Waals surface area contributed by atoms with Crippen LogP contribution in [0.25, 0.3) is 0 Å². The van der Waals surface area contributed by atoms with Gasteiger partial charge in [-0.25, -0.2) is 0 Å². The van der Waals surface area contributed by atoms with Crippen LogP contribution in [0.2, 0.25) is 0 Å². The second-order valence-corrected chi connectivity index (χ2v) is 4.62. The van der Waals surface area contributed by atoms with Gasteiger partial charge in [-0.05, 0) is 30.9 Å². The van der Waals surface area contributed by atoms with Gasteiger partial charge in [0.2, 0.25) is 0 Å². The Hall–Kier alpha value is -1.71. The molecular formula is C13H16O4. The van der Waals surface area contributed by atoms with E-state index in [0.717, 1.165) is 19.3 Å². The number of aromatic hydroxyl groups is 3. The second-order valence-electron chi connectivity index (χ2n) is 4.62. The minimum Gasteiger partial charge on any atom is -0.504 e. The average molecular weight is 236 g/mol. The molecule has 0 heterocycles. The SMILES string of the molecule is CCCC1CC1C(=O)c1cc(O)c(O)c(O)c1. The number of Topliss-reactive ketones (excluding diaryl/α,β-unsaturated/α-hetero) is 1. The van der Waals surface area contributed by atoms with E-state index in [4.69, 9.17) is 0 Å². The van der Waals surface area contributed by atoms with Crippen LogP contribution in [0, 0.1) is 11.8 Å². The summed E-state index contributed by atoms with van der Waals surface area (Å²) in [6, 6.07) is 2.41. The van der Waals surface area contributed by atoms with Crippen molar-refractivity contribution in [1.82, 2.24) is 0 Å². The van der Waals surface area contributed by atoms with Crippen molar-refractivity contribution >= 4 is 5.78 Å². The summed E-state index contributed by atoms with van der Waals surface area (Å²) in [7, 11) is 0. The molecule has 0 spiro atoms. The highest BCUT2D eigenvalue weighted by atomic mass is 16.3. The highest BCUT2D eigenvalue weighted by Gasteiger charge is 2.42. The van der Waals surface area contributed by atoms with Gasteiger partial charge < -0.3 is 15.3 Å². The Kier molecular flexibility index (Phi) is 2.96. The van der Waals surface area contributed by atoms with Crippen LogP contribution in [0.1, 0.15) is 36.5 Å². The maximum atomic E-state index is 12.0. The summed E-state index contributed by atoms with van der Waals surface area (Å²) in [5, 5.41) is 27.9. The lowest BCUT2D eigenvalue weighted by Gasteiger charge is -2.05. The molecule has 0 radical (unpaired) electrons. The third-order valence-electron chi connectivity index (χ3n) is 3.27. The van der Waals surface area contributed by atoms with Crippen molar-refractivity contribution in [1.29, 1.82) is 0 Å². The molecule has 1 aromatic carbocycles. The van der Waals surface area contributed by atoms with Crippen LogP contribution < -0.4 is 0 Å². The molecule has 2 unspecified atom stereocenters. The van der Waals surface area contributed by atoms with Crippen molar-refractivity contribution in [3.63, 3.8) is 0 Å². The summed E-state index contributed by atoms with van der Waals surface area (Å²) in [5.41, 5.74) is 0.265. The van der Waals surface area contributed by atoms with Crippen molar-refractivity contribution in [2.75, 3.05) is 0 Å². The molecule has 1 aliphatic carbocycles. The zero-order valence-corrected chi connectivity index (χ0v) is 9.68. The van der Waals surface area contributed by atoms with Gasteiger partial charge in [-0.2, -0.15) is 0 Å². The number of ketones is 1. The largest absolute Gasteiger partial charge is 0.504 e. The molecule has 0 bridgehead atoms. The van der Waals surface area contributed by atoms with Gasteiger partial charge in [-0.15, -0.1) is 0 Å². The van der Waals surface area contributed by atoms with E-state index in [9.17, 15) is 20.1 Å². The predicted octanol–water partition coefficient (Wildman–Crippen LogP) is 2.42. The van der Waals surface area contributed by atoms with Crippen LogP contribution in [-0.4, -0.2) is 21.1 Å². The van der Waals surface area contributed by atoms with Crippen LogP contribution in [-0.2, 0) is 0 Å². The summed E-state index contributed by atoms with van der Waals surface area (Å²) < 4.78 is 0. The van der Waals surface area contributed by atoms with E-state index in [1.165, 1.54) is 12.1 Å². The Bertz CT molecular complexity index is 430. The normalized spacial score (nSPS) is 22.4. The fourth-order valence-electron chi connectivity index (χ4n) is 2.22. The number of phenolic OH excluding ortho intramolecular Hbond substituents is 3. The second kappa shape index (κ2) is 4.28. The van der Waals surface area contributed by atoms with E-state index in [2.05, 4.69) is 6.92 Å². The van der Waals surface area contributed by atoms with E-state index in [-0.39, 0.29) is 17.3 Å². The number of carbonyl (C=O) groups is 1. The molecule has 0 amide bonds. The topological polar surface area (TPSA) is 77.8 Å². The van der Waals surface area contributed by atoms with Gasteiger partial charge in [0.15, 0.2) is 23.0 Å². The fraction of sp³-hybridized carbons (Fsp3) is 0.462. The van der Waals surface area contributed by atoms with Crippen molar-refractivity contribution in [3.8, 4) is 17.2 Å². The predicted molar refractivity (Wildman–Crippen MR) is 62.3 cm³/mol. The van der Waals surface area contributed by atoms with Crippen molar-refractivity contribution in [2.24, 2.45) is 11.8 Å². The number of hydrogen-bond donors (Lipinski definition) is 3. The molecule has 2 rings (SSSR count). The maximum Gasteiger partial charge on any atom is 0.200 e. The molecule has 2 atom stereocenters. The molecule has 1 aliphatic rings. The number of rotatable bonds is 4. The van der Waals surface area contributed by atoms with E-state index < -0.39 is 17.2 Å². The molecular weight excluding hydrogens is 220 g/mol. The molecule has 0 aromatic heterocycles. The van der Waals surface area contributed by atoms with Crippen LogP contribution in [0.15, 0.2) is 12.1 Å². The van der Waals surface area contributed by atoms with E-state index in [1.807, 2.05) is 0 Å². The zero-order valence-electron chi connectivity index (χ0n) is 9.68. The standard InChI is InChI=1S/C13H16O4/c1-2-3-7-4-9(7)12(16)8-5-10(14)13(17)11(15)6-8/h5-7,9,14-15,17H,2-4H2,1H3. The molecule has 0 aliphatic heterocycles. The van der Waals surface area contributed by atoms with Gasteiger partial charge >= 0.3 is 0 Å². The Balaban J connectivity index is 2.16. The minimum absolute atomic E-state index is 0.0123. The highest BCUT2D eigenvalue weighted by molar-refractivity contribution is 6.00. The monoisotopic (exact) mass is 236 g/mol. The van der Waals surface area contributed by atoms with Gasteiger partial charge in [0.25, 0.3) is 0 Å². The summed E-state index contributed by atoms with van der Waals surface area (Å²) in [4.78, 5) is 12.0. The summed E-state index contributed by atoms with van der Waals surface area (Å²) in [5.74, 6) is -1.11. The summed E-state index contributed by atoms with van der Waals surface area (Å²) in [6.45, 7) is 2.08. The lowest BCUT2D eigenvalue weighted by atomic mass is 10.0. The lowest BCUT2D eigenvalue weighted by Crippen LogP contribution is -2.03. The molecule has 1 aromatic rings. The first-order valence-corrected chi connectivity index (χ1v) is 5.83. The first kappa shape index (κ1) is 11.8. The van der Waals surface area contributed by atoms with E-state index in [0.29, 0.717) is 5.92 Å². The fourth-order valence-corrected chi connectivity index (χ4v) is 2.22. The Morgan fingerprint density at radius 1 is 1.29 bits per heavy atom. The lowest BCUT2D eigenvalue weighted by molar-refractivity contribution is 0.0959. The zero-order chi connectivity index (χ0) is 12.6. The van der Waals surface area contributed by atoms with Gasteiger partial charge in [-0.1, -0.05) is 13.3 Å². The van der Waals surface area contributed by atoms with Crippen LogP contribution >= 0.6 is 0 Å². The summed E-state index contributed by atoms with van der Waals surface area (Å²) in [6.07, 6.45) is 2.97. The van der Waals surface area contributed by atoms with Gasteiger partial charge in [-0.3, -0.25) is 4.79 Å². The Morgan fingerprint density at radius 2 is 1.88 bits per heavy atom. The Labute approximate surface area is 99.5 Å². The molecule has 4 nitrogen and oxygen atoms in total. The molecule has 1 saturated carbocycles. The quantitative estimate of drug-likeness (QED) is 0.554. The van der Waals surface area contributed by atoms with Crippen molar-refractivity contribution < 1.29 is 20.1 Å². The van der Waals surface area contributed by atoms with E-state index >= 15 is 0 Å². The molecule has 3 N–H and O–H groups in total. The number of hydrogen-bond acceptors (Lipinski definition) is 4. The molecule has 1 fully saturated rings. The Morgan fingerprint density at radius 3 is 2.41 bits per heavy atom. The number of phenols is 3. The van der Waals surface area contributed by atoms with Gasteiger partial charge in [0, 0.05) is 11.5 Å². The van der Waals surface area contributed by atoms with E-state index in [1.54, 1.807) is 0 Å².